The van der Waals surface area contributed by atoms with Gasteiger partial charge in [0, 0.05) is 26.7 Å². The summed E-state index contributed by atoms with van der Waals surface area (Å²) in [7, 11) is 6.21. The van der Waals surface area contributed by atoms with Gasteiger partial charge < -0.3 is 9.75 Å². The van der Waals surface area contributed by atoms with Crippen LogP contribution in [0.3, 0.4) is 0 Å². The highest BCUT2D eigenvalue weighted by atomic mass is 16.5. The van der Waals surface area contributed by atoms with E-state index in [4.69, 9.17) is 4.74 Å². The van der Waals surface area contributed by atoms with E-state index in [1.165, 1.54) is 16.8 Å². The molecule has 1 unspecified atom stereocenters. The van der Waals surface area contributed by atoms with Crippen molar-refractivity contribution in [3.8, 4) is 5.75 Å². The number of para-hydroxylation sites is 1. The minimum Gasteiger partial charge on any atom is -0.482 e. The van der Waals surface area contributed by atoms with Crippen molar-refractivity contribution in [3.05, 3.63) is 35.4 Å². The molecule has 0 N–H and O–H groups in total. The zero-order valence-electron chi connectivity index (χ0n) is 12.8. The number of hydrazine groups is 1. The number of rotatable bonds is 3. The van der Waals surface area contributed by atoms with Crippen molar-refractivity contribution in [2.75, 3.05) is 21.1 Å². The van der Waals surface area contributed by atoms with E-state index in [0.29, 0.717) is 0 Å². The molecule has 19 heavy (non-hydrogen) atoms. The SMILES string of the molecule is CCC1(C)Oc2ccccc2C(N(C)N(C)C)=C1C. The molecule has 1 aliphatic rings. The first-order valence-electron chi connectivity index (χ1n) is 6.81. The number of benzene rings is 1. The molecule has 3 heteroatoms. The van der Waals surface area contributed by atoms with Crippen molar-refractivity contribution < 1.29 is 4.74 Å². The van der Waals surface area contributed by atoms with Crippen LogP contribution in [-0.2, 0) is 0 Å². The van der Waals surface area contributed by atoms with Gasteiger partial charge in [0.15, 0.2) is 0 Å². The number of fused-ring (bicyclic) bond motifs is 1. The van der Waals surface area contributed by atoms with Crippen molar-refractivity contribution in [2.45, 2.75) is 32.8 Å². The van der Waals surface area contributed by atoms with Crippen LogP contribution in [0, 0.1) is 0 Å². The van der Waals surface area contributed by atoms with Gasteiger partial charge in [0.1, 0.15) is 11.4 Å². The Balaban J connectivity index is 2.64. The summed E-state index contributed by atoms with van der Waals surface area (Å²) in [6.07, 6.45) is 0.956. The van der Waals surface area contributed by atoms with Gasteiger partial charge in [-0.3, -0.25) is 0 Å². The predicted octanol–water partition coefficient (Wildman–Crippen LogP) is 3.39. The zero-order valence-corrected chi connectivity index (χ0v) is 12.8. The van der Waals surface area contributed by atoms with E-state index in [2.05, 4.69) is 70.1 Å². The van der Waals surface area contributed by atoms with E-state index in [9.17, 15) is 0 Å². The second-order valence-corrected chi connectivity index (χ2v) is 5.53. The lowest BCUT2D eigenvalue weighted by atomic mass is 9.87. The second kappa shape index (κ2) is 4.89. The molecule has 0 bridgehead atoms. The molecule has 0 radical (unpaired) electrons. The van der Waals surface area contributed by atoms with Crippen LogP contribution in [0.1, 0.15) is 32.8 Å². The molecule has 0 aromatic heterocycles. The molecule has 0 aliphatic carbocycles. The normalized spacial score (nSPS) is 22.3. The van der Waals surface area contributed by atoms with E-state index >= 15 is 0 Å². The van der Waals surface area contributed by atoms with Crippen LogP contribution in [0.25, 0.3) is 5.70 Å². The fourth-order valence-corrected chi connectivity index (χ4v) is 2.48. The Kier molecular flexibility index (Phi) is 3.59. The molecule has 3 nitrogen and oxygen atoms in total. The third kappa shape index (κ3) is 2.23. The minimum absolute atomic E-state index is 0.228. The van der Waals surface area contributed by atoms with Crippen LogP contribution in [0.15, 0.2) is 29.8 Å². The molecule has 1 aromatic rings. The van der Waals surface area contributed by atoms with E-state index in [1.54, 1.807) is 0 Å². The molecule has 1 aliphatic heterocycles. The first kappa shape index (κ1) is 13.9. The van der Waals surface area contributed by atoms with Gasteiger partial charge in [0.25, 0.3) is 0 Å². The van der Waals surface area contributed by atoms with Crippen molar-refractivity contribution in [3.63, 3.8) is 0 Å². The Morgan fingerprint density at radius 3 is 2.37 bits per heavy atom. The van der Waals surface area contributed by atoms with Gasteiger partial charge in [-0.25, -0.2) is 5.01 Å². The summed E-state index contributed by atoms with van der Waals surface area (Å²) >= 11 is 0. The summed E-state index contributed by atoms with van der Waals surface area (Å²) in [6, 6.07) is 8.28. The Hall–Kier alpha value is -1.48. The van der Waals surface area contributed by atoms with Gasteiger partial charge in [-0.05, 0) is 38.0 Å². The summed E-state index contributed by atoms with van der Waals surface area (Å²) in [5.41, 5.74) is 3.47. The molecule has 0 spiro atoms. The average Bonchev–Trinajstić information content (AvgIpc) is 2.39. The lowest BCUT2D eigenvalue weighted by molar-refractivity contribution is 0.0951. The molecule has 0 saturated carbocycles. The first-order valence-corrected chi connectivity index (χ1v) is 6.81. The highest BCUT2D eigenvalue weighted by Crippen LogP contribution is 2.43. The number of hydrogen-bond donors (Lipinski definition) is 0. The molecule has 1 heterocycles. The second-order valence-electron chi connectivity index (χ2n) is 5.53. The maximum Gasteiger partial charge on any atom is 0.130 e. The Morgan fingerprint density at radius 1 is 1.16 bits per heavy atom. The van der Waals surface area contributed by atoms with Gasteiger partial charge >= 0.3 is 0 Å². The van der Waals surface area contributed by atoms with E-state index < -0.39 is 0 Å². The Labute approximate surface area is 116 Å². The van der Waals surface area contributed by atoms with Crippen LogP contribution < -0.4 is 4.74 Å². The molecular formula is C16H24N2O. The van der Waals surface area contributed by atoms with E-state index in [0.717, 1.165) is 12.2 Å². The van der Waals surface area contributed by atoms with Crippen LogP contribution in [-0.4, -0.2) is 36.8 Å². The van der Waals surface area contributed by atoms with Gasteiger partial charge in [0.2, 0.25) is 0 Å². The summed E-state index contributed by atoms with van der Waals surface area (Å²) in [4.78, 5) is 0. The quantitative estimate of drug-likeness (QED) is 0.775. The Bertz CT molecular complexity index is 507. The molecule has 2 rings (SSSR count). The summed E-state index contributed by atoms with van der Waals surface area (Å²) in [5, 5.41) is 4.28. The third-order valence-electron chi connectivity index (χ3n) is 4.22. The van der Waals surface area contributed by atoms with Gasteiger partial charge in [0.05, 0.1) is 5.70 Å². The monoisotopic (exact) mass is 260 g/mol. The topological polar surface area (TPSA) is 15.7 Å². The van der Waals surface area contributed by atoms with Gasteiger partial charge in [-0.15, -0.1) is 0 Å². The number of ether oxygens (including phenoxy) is 1. The van der Waals surface area contributed by atoms with Crippen LogP contribution in [0.2, 0.25) is 0 Å². The molecule has 1 aromatic carbocycles. The average molecular weight is 260 g/mol. The van der Waals surface area contributed by atoms with Crippen molar-refractivity contribution in [2.24, 2.45) is 0 Å². The summed E-state index contributed by atoms with van der Waals surface area (Å²) in [5.74, 6) is 0.973. The highest BCUT2D eigenvalue weighted by Gasteiger charge is 2.36. The van der Waals surface area contributed by atoms with Crippen molar-refractivity contribution >= 4 is 5.70 Å². The molecule has 0 amide bonds. The molecule has 0 fully saturated rings. The maximum absolute atomic E-state index is 6.24. The summed E-state index contributed by atoms with van der Waals surface area (Å²) in [6.45, 7) is 6.52. The molecule has 104 valence electrons. The molecule has 1 atom stereocenters. The lowest BCUT2D eigenvalue weighted by Crippen LogP contribution is -2.41. The standard InChI is InChI=1S/C16H24N2O/c1-7-16(3)12(2)15(18(6)17(4)5)13-10-8-9-11-14(13)19-16/h8-11H,7H2,1-6H3. The summed E-state index contributed by atoms with van der Waals surface area (Å²) < 4.78 is 6.24. The molecular weight excluding hydrogens is 236 g/mol. The highest BCUT2D eigenvalue weighted by molar-refractivity contribution is 5.74. The van der Waals surface area contributed by atoms with Crippen LogP contribution >= 0.6 is 0 Å². The van der Waals surface area contributed by atoms with Crippen molar-refractivity contribution in [1.82, 2.24) is 10.0 Å². The van der Waals surface area contributed by atoms with Crippen LogP contribution in [0.4, 0.5) is 0 Å². The fraction of sp³-hybridized carbons (Fsp3) is 0.500. The van der Waals surface area contributed by atoms with Gasteiger partial charge in [-0.1, -0.05) is 19.1 Å². The fourth-order valence-electron chi connectivity index (χ4n) is 2.48. The number of nitrogens with zero attached hydrogens (tertiary/aromatic N) is 2. The van der Waals surface area contributed by atoms with Crippen LogP contribution in [0.5, 0.6) is 5.75 Å². The van der Waals surface area contributed by atoms with E-state index in [1.807, 2.05) is 6.07 Å². The van der Waals surface area contributed by atoms with Gasteiger partial charge in [-0.2, -0.15) is 0 Å². The smallest absolute Gasteiger partial charge is 0.130 e. The molecule has 0 saturated heterocycles. The lowest BCUT2D eigenvalue weighted by Gasteiger charge is -2.41. The maximum atomic E-state index is 6.24. The number of hydrogen-bond acceptors (Lipinski definition) is 3. The minimum atomic E-state index is -0.228. The zero-order chi connectivity index (χ0) is 14.2. The Morgan fingerprint density at radius 2 is 1.79 bits per heavy atom. The first-order chi connectivity index (χ1) is 8.90. The predicted molar refractivity (Wildman–Crippen MR) is 79.8 cm³/mol. The third-order valence-corrected chi connectivity index (χ3v) is 4.22. The van der Waals surface area contributed by atoms with E-state index in [-0.39, 0.29) is 5.60 Å². The van der Waals surface area contributed by atoms with Crippen molar-refractivity contribution in [1.29, 1.82) is 0 Å². The largest absolute Gasteiger partial charge is 0.482 e.